The van der Waals surface area contributed by atoms with Crippen LogP contribution in [0.2, 0.25) is 0 Å². The van der Waals surface area contributed by atoms with Crippen LogP contribution in [-0.4, -0.2) is 59.6 Å². The summed E-state index contributed by atoms with van der Waals surface area (Å²) in [6.07, 6.45) is 0. The predicted molar refractivity (Wildman–Crippen MR) is 110 cm³/mol. The summed E-state index contributed by atoms with van der Waals surface area (Å²) in [7, 11) is 1.64. The van der Waals surface area contributed by atoms with Crippen molar-refractivity contribution >= 4 is 21.6 Å². The Kier molecular flexibility index (Phi) is 5.24. The number of aromatic nitrogens is 2. The maximum Gasteiger partial charge on any atom is 0.260 e. The number of likely N-dealkylation sites (N-methyl/N-ethyl adjacent to an activating group) is 1. The third-order valence-corrected chi connectivity index (χ3v) is 6.03. The topological polar surface area (TPSA) is 61.5 Å². The van der Waals surface area contributed by atoms with Gasteiger partial charge in [-0.25, -0.2) is 4.98 Å². The molecule has 0 spiro atoms. The molecule has 1 saturated heterocycles. The summed E-state index contributed by atoms with van der Waals surface area (Å²) in [6, 6.07) is 7.77. The number of nitrogens with one attached hydrogen (secondary N) is 1. The number of benzene rings is 1. The largest absolute Gasteiger partial charge is 0.497 e. The quantitative estimate of drug-likeness (QED) is 0.733. The van der Waals surface area contributed by atoms with Gasteiger partial charge in [0.25, 0.3) is 5.56 Å². The lowest BCUT2D eigenvalue weighted by molar-refractivity contribution is 0.129. The minimum atomic E-state index is -0.0683. The highest BCUT2D eigenvalue weighted by Crippen LogP contribution is 2.32. The molecule has 3 heterocycles. The zero-order chi connectivity index (χ0) is 18.8. The zero-order valence-corrected chi connectivity index (χ0v) is 16.5. The summed E-state index contributed by atoms with van der Waals surface area (Å²) >= 11 is 1.52. The SMILES string of the molecule is CCN1CCN(Cc2nc3scc(-c4cccc(OC)c4)c3c(=O)[nH]2)CC1. The van der Waals surface area contributed by atoms with Gasteiger partial charge in [0.05, 0.1) is 19.0 Å². The first-order valence-corrected chi connectivity index (χ1v) is 10.2. The molecule has 1 N–H and O–H groups in total. The van der Waals surface area contributed by atoms with Gasteiger partial charge in [-0.15, -0.1) is 11.3 Å². The first kappa shape index (κ1) is 18.2. The van der Waals surface area contributed by atoms with Crippen molar-refractivity contribution in [1.29, 1.82) is 0 Å². The molecule has 27 heavy (non-hydrogen) atoms. The molecular weight excluding hydrogens is 360 g/mol. The van der Waals surface area contributed by atoms with Crippen LogP contribution < -0.4 is 10.3 Å². The standard InChI is InChI=1S/C20H24N4O2S/c1-3-23-7-9-24(10-8-23)12-17-21-19(25)18-16(13-27-20(18)22-17)14-5-4-6-15(11-14)26-2/h4-6,11,13H,3,7-10,12H2,1-2H3,(H,21,22,25). The van der Waals surface area contributed by atoms with Crippen molar-refractivity contribution in [2.24, 2.45) is 0 Å². The van der Waals surface area contributed by atoms with Gasteiger partial charge in [-0.1, -0.05) is 19.1 Å². The highest BCUT2D eigenvalue weighted by Gasteiger charge is 2.18. The number of fused-ring (bicyclic) bond motifs is 1. The Morgan fingerprint density at radius 3 is 2.74 bits per heavy atom. The number of rotatable bonds is 5. The van der Waals surface area contributed by atoms with Gasteiger partial charge < -0.3 is 14.6 Å². The number of thiophene rings is 1. The van der Waals surface area contributed by atoms with E-state index in [4.69, 9.17) is 9.72 Å². The second-order valence-electron chi connectivity index (χ2n) is 6.78. The Bertz CT molecular complexity index is 989. The predicted octanol–water partition coefficient (Wildman–Crippen LogP) is 2.80. The number of H-pyrrole nitrogens is 1. The van der Waals surface area contributed by atoms with Crippen molar-refractivity contribution in [1.82, 2.24) is 19.8 Å². The van der Waals surface area contributed by atoms with Crippen molar-refractivity contribution in [3.63, 3.8) is 0 Å². The number of piperazine rings is 1. The molecule has 6 nitrogen and oxygen atoms in total. The average molecular weight is 385 g/mol. The van der Waals surface area contributed by atoms with Crippen molar-refractivity contribution < 1.29 is 4.74 Å². The van der Waals surface area contributed by atoms with Crippen LogP contribution in [0.3, 0.4) is 0 Å². The van der Waals surface area contributed by atoms with Gasteiger partial charge in [0.15, 0.2) is 0 Å². The molecule has 1 fully saturated rings. The Hall–Kier alpha value is -2.22. The molecule has 0 amide bonds. The molecule has 0 saturated carbocycles. The lowest BCUT2D eigenvalue weighted by atomic mass is 10.1. The number of hydrogen-bond acceptors (Lipinski definition) is 6. The Morgan fingerprint density at radius 2 is 2.00 bits per heavy atom. The molecule has 0 aliphatic carbocycles. The number of aromatic amines is 1. The van der Waals surface area contributed by atoms with E-state index in [0.29, 0.717) is 11.9 Å². The minimum Gasteiger partial charge on any atom is -0.497 e. The van der Waals surface area contributed by atoms with Gasteiger partial charge in [0, 0.05) is 37.1 Å². The lowest BCUT2D eigenvalue weighted by Crippen LogP contribution is -2.45. The van der Waals surface area contributed by atoms with Crippen LogP contribution in [0.4, 0.5) is 0 Å². The van der Waals surface area contributed by atoms with E-state index in [2.05, 4.69) is 21.7 Å². The van der Waals surface area contributed by atoms with E-state index in [0.717, 1.165) is 60.3 Å². The summed E-state index contributed by atoms with van der Waals surface area (Å²) in [5.41, 5.74) is 1.81. The van der Waals surface area contributed by atoms with Crippen LogP contribution in [0, 0.1) is 0 Å². The van der Waals surface area contributed by atoms with Gasteiger partial charge >= 0.3 is 0 Å². The molecule has 0 atom stereocenters. The van der Waals surface area contributed by atoms with Crippen LogP contribution in [0.1, 0.15) is 12.7 Å². The Labute approximate surface area is 162 Å². The van der Waals surface area contributed by atoms with E-state index in [9.17, 15) is 4.79 Å². The average Bonchev–Trinajstić information content (AvgIpc) is 3.13. The molecular formula is C20H24N4O2S. The van der Waals surface area contributed by atoms with Gasteiger partial charge in [0.1, 0.15) is 16.4 Å². The summed E-state index contributed by atoms with van der Waals surface area (Å²) in [5.74, 6) is 1.52. The number of methoxy groups -OCH3 is 1. The van der Waals surface area contributed by atoms with Crippen molar-refractivity contribution in [3.8, 4) is 16.9 Å². The van der Waals surface area contributed by atoms with E-state index in [-0.39, 0.29) is 5.56 Å². The van der Waals surface area contributed by atoms with Crippen LogP contribution in [-0.2, 0) is 6.54 Å². The fourth-order valence-electron chi connectivity index (χ4n) is 3.55. The summed E-state index contributed by atoms with van der Waals surface area (Å²) < 4.78 is 5.31. The van der Waals surface area contributed by atoms with Crippen LogP contribution in [0.5, 0.6) is 5.75 Å². The summed E-state index contributed by atoms with van der Waals surface area (Å²) in [5, 5.41) is 2.67. The maximum atomic E-state index is 12.8. The molecule has 4 rings (SSSR count). The fourth-order valence-corrected chi connectivity index (χ4v) is 4.51. The number of ether oxygens (including phenoxy) is 1. The molecule has 142 valence electrons. The van der Waals surface area contributed by atoms with Gasteiger partial charge in [-0.3, -0.25) is 9.69 Å². The molecule has 1 aliphatic heterocycles. The normalized spacial score (nSPS) is 16.1. The third kappa shape index (κ3) is 3.76. The fraction of sp³-hybridized carbons (Fsp3) is 0.400. The molecule has 7 heteroatoms. The molecule has 3 aromatic rings. The molecule has 1 aliphatic rings. The zero-order valence-electron chi connectivity index (χ0n) is 15.7. The number of hydrogen-bond donors (Lipinski definition) is 1. The van der Waals surface area contributed by atoms with E-state index >= 15 is 0 Å². The van der Waals surface area contributed by atoms with Crippen LogP contribution in [0.15, 0.2) is 34.4 Å². The van der Waals surface area contributed by atoms with E-state index in [1.807, 2.05) is 29.6 Å². The van der Waals surface area contributed by atoms with Crippen molar-refractivity contribution in [3.05, 3.63) is 45.8 Å². The number of nitrogens with zero attached hydrogens (tertiary/aromatic N) is 3. The van der Waals surface area contributed by atoms with Crippen LogP contribution in [0.25, 0.3) is 21.3 Å². The Balaban J connectivity index is 1.61. The first-order valence-electron chi connectivity index (χ1n) is 9.27. The monoisotopic (exact) mass is 384 g/mol. The van der Waals surface area contributed by atoms with Crippen molar-refractivity contribution in [2.75, 3.05) is 39.8 Å². The van der Waals surface area contributed by atoms with Gasteiger partial charge in [0.2, 0.25) is 0 Å². The third-order valence-electron chi connectivity index (χ3n) is 5.16. The smallest absolute Gasteiger partial charge is 0.260 e. The second-order valence-corrected chi connectivity index (χ2v) is 7.64. The van der Waals surface area contributed by atoms with E-state index in [1.165, 1.54) is 11.3 Å². The van der Waals surface area contributed by atoms with Crippen LogP contribution >= 0.6 is 11.3 Å². The van der Waals surface area contributed by atoms with Crippen molar-refractivity contribution in [2.45, 2.75) is 13.5 Å². The highest BCUT2D eigenvalue weighted by atomic mass is 32.1. The second kappa shape index (κ2) is 7.80. The van der Waals surface area contributed by atoms with Gasteiger partial charge in [-0.05, 0) is 24.2 Å². The minimum absolute atomic E-state index is 0.0683. The lowest BCUT2D eigenvalue weighted by Gasteiger charge is -2.33. The first-order chi connectivity index (χ1) is 13.2. The molecule has 2 aromatic heterocycles. The van der Waals surface area contributed by atoms with E-state index in [1.54, 1.807) is 7.11 Å². The maximum absolute atomic E-state index is 12.8. The van der Waals surface area contributed by atoms with Gasteiger partial charge in [-0.2, -0.15) is 0 Å². The van der Waals surface area contributed by atoms with E-state index < -0.39 is 0 Å². The summed E-state index contributed by atoms with van der Waals surface area (Å²) in [6.45, 7) is 8.14. The molecule has 0 unspecified atom stereocenters. The molecule has 0 bridgehead atoms. The highest BCUT2D eigenvalue weighted by molar-refractivity contribution is 7.17. The Morgan fingerprint density at radius 1 is 1.22 bits per heavy atom. The molecule has 0 radical (unpaired) electrons. The molecule has 1 aromatic carbocycles. The summed E-state index contributed by atoms with van der Waals surface area (Å²) in [4.78, 5) is 26.1.